The zero-order chi connectivity index (χ0) is 14.8. The number of amides is 2. The predicted molar refractivity (Wildman–Crippen MR) is 81.8 cm³/mol. The van der Waals surface area contributed by atoms with Gasteiger partial charge in [-0.3, -0.25) is 0 Å². The molecular weight excluding hydrogens is 290 g/mol. The quantitative estimate of drug-likeness (QED) is 0.762. The molecule has 0 aliphatic carbocycles. The summed E-state index contributed by atoms with van der Waals surface area (Å²) in [7, 11) is 0. The number of carbonyl (C=O) groups is 1. The van der Waals surface area contributed by atoms with Crippen molar-refractivity contribution in [2.45, 2.75) is 6.92 Å². The van der Waals surface area contributed by atoms with E-state index in [-0.39, 0.29) is 6.03 Å². The van der Waals surface area contributed by atoms with Crippen molar-refractivity contribution >= 4 is 34.7 Å². The number of rotatable bonds is 2. The molecule has 7 heteroatoms. The Labute approximate surface area is 125 Å². The van der Waals surface area contributed by atoms with Crippen LogP contribution < -0.4 is 10.6 Å². The Bertz CT molecular complexity index is 814. The summed E-state index contributed by atoms with van der Waals surface area (Å²) < 4.78 is 1.62. The third-order valence-corrected chi connectivity index (χ3v) is 3.01. The fourth-order valence-electron chi connectivity index (χ4n) is 1.93. The highest BCUT2D eigenvalue weighted by Gasteiger charge is 2.05. The molecule has 2 heterocycles. The van der Waals surface area contributed by atoms with Crippen LogP contribution in [0.1, 0.15) is 5.82 Å². The predicted octanol–water partition coefficient (Wildman–Crippen LogP) is 3.34. The van der Waals surface area contributed by atoms with Gasteiger partial charge in [0.1, 0.15) is 5.82 Å². The van der Waals surface area contributed by atoms with E-state index in [0.717, 1.165) is 5.65 Å². The van der Waals surface area contributed by atoms with Gasteiger partial charge < -0.3 is 10.6 Å². The van der Waals surface area contributed by atoms with Crippen LogP contribution in [-0.4, -0.2) is 20.6 Å². The van der Waals surface area contributed by atoms with Crippen LogP contribution in [0.3, 0.4) is 0 Å². The molecule has 0 unspecified atom stereocenters. The van der Waals surface area contributed by atoms with Crippen LogP contribution in [0.2, 0.25) is 5.02 Å². The summed E-state index contributed by atoms with van der Waals surface area (Å²) in [6.07, 6.45) is 1.70. The Balaban J connectivity index is 1.73. The Morgan fingerprint density at radius 2 is 2.00 bits per heavy atom. The number of nitrogens with zero attached hydrogens (tertiary/aromatic N) is 3. The van der Waals surface area contributed by atoms with E-state index in [9.17, 15) is 4.79 Å². The van der Waals surface area contributed by atoms with Gasteiger partial charge in [0.25, 0.3) is 0 Å². The van der Waals surface area contributed by atoms with Gasteiger partial charge in [0, 0.05) is 10.7 Å². The lowest BCUT2D eigenvalue weighted by Gasteiger charge is -2.07. The molecule has 21 heavy (non-hydrogen) atoms. The molecule has 6 nitrogen and oxygen atoms in total. The molecule has 2 amide bonds. The average Bonchev–Trinajstić information content (AvgIpc) is 2.78. The largest absolute Gasteiger partial charge is 0.323 e. The number of nitrogens with one attached hydrogen (secondary N) is 2. The van der Waals surface area contributed by atoms with Crippen molar-refractivity contribution < 1.29 is 4.79 Å². The fourth-order valence-corrected chi connectivity index (χ4v) is 2.12. The van der Waals surface area contributed by atoms with Gasteiger partial charge in [-0.15, -0.1) is 0 Å². The van der Waals surface area contributed by atoms with Gasteiger partial charge in [0.15, 0.2) is 5.65 Å². The summed E-state index contributed by atoms with van der Waals surface area (Å²) in [6, 6.07) is 10.1. The fraction of sp³-hybridized carbons (Fsp3) is 0.0714. The number of aryl methyl sites for hydroxylation is 1. The monoisotopic (exact) mass is 301 g/mol. The maximum absolute atomic E-state index is 11.9. The van der Waals surface area contributed by atoms with Gasteiger partial charge in [0.05, 0.1) is 11.9 Å². The van der Waals surface area contributed by atoms with Crippen molar-refractivity contribution in [1.29, 1.82) is 0 Å². The molecule has 0 bridgehead atoms. The Kier molecular flexibility index (Phi) is 3.45. The summed E-state index contributed by atoms with van der Waals surface area (Å²) in [4.78, 5) is 16.1. The lowest BCUT2D eigenvalue weighted by Crippen LogP contribution is -2.19. The number of halogens is 1. The topological polar surface area (TPSA) is 71.3 Å². The molecular formula is C14H12ClN5O. The number of hydrogen-bond donors (Lipinski definition) is 2. The third kappa shape index (κ3) is 3.11. The van der Waals surface area contributed by atoms with E-state index < -0.39 is 0 Å². The molecule has 0 aliphatic heterocycles. The zero-order valence-electron chi connectivity index (χ0n) is 11.2. The van der Waals surface area contributed by atoms with E-state index in [1.54, 1.807) is 47.1 Å². The lowest BCUT2D eigenvalue weighted by molar-refractivity contribution is 0.262. The van der Waals surface area contributed by atoms with Crippen LogP contribution in [0.15, 0.2) is 42.6 Å². The maximum atomic E-state index is 11.9. The molecule has 2 aromatic heterocycles. The normalized spacial score (nSPS) is 10.6. The van der Waals surface area contributed by atoms with Crippen LogP contribution in [-0.2, 0) is 0 Å². The number of carbonyl (C=O) groups excluding carboxylic acids is 1. The van der Waals surface area contributed by atoms with E-state index in [2.05, 4.69) is 20.7 Å². The van der Waals surface area contributed by atoms with Crippen molar-refractivity contribution in [2.75, 3.05) is 10.6 Å². The maximum Gasteiger partial charge on any atom is 0.323 e. The Morgan fingerprint density at radius 1 is 1.19 bits per heavy atom. The summed E-state index contributed by atoms with van der Waals surface area (Å²) >= 11 is 5.87. The van der Waals surface area contributed by atoms with Gasteiger partial charge in [-0.05, 0) is 37.3 Å². The highest BCUT2D eigenvalue weighted by Crippen LogP contribution is 2.15. The van der Waals surface area contributed by atoms with Gasteiger partial charge in [0.2, 0.25) is 0 Å². The first-order chi connectivity index (χ1) is 10.1. The first-order valence-corrected chi connectivity index (χ1v) is 6.64. The second-order valence-electron chi connectivity index (χ2n) is 4.47. The van der Waals surface area contributed by atoms with Gasteiger partial charge >= 0.3 is 6.03 Å². The minimum Gasteiger partial charge on any atom is -0.308 e. The van der Waals surface area contributed by atoms with E-state index in [0.29, 0.717) is 22.2 Å². The Morgan fingerprint density at radius 3 is 2.81 bits per heavy atom. The van der Waals surface area contributed by atoms with Crippen molar-refractivity contribution in [3.8, 4) is 0 Å². The molecule has 0 radical (unpaired) electrons. The van der Waals surface area contributed by atoms with Crippen molar-refractivity contribution in [3.05, 3.63) is 53.4 Å². The molecule has 3 aromatic rings. The lowest BCUT2D eigenvalue weighted by atomic mass is 10.3. The summed E-state index contributed by atoms with van der Waals surface area (Å²) in [6.45, 7) is 1.81. The molecule has 0 fully saturated rings. The average molecular weight is 302 g/mol. The Hall–Kier alpha value is -2.60. The minimum atomic E-state index is -0.353. The highest BCUT2D eigenvalue weighted by atomic mass is 35.5. The van der Waals surface area contributed by atoms with E-state index in [1.165, 1.54) is 0 Å². The smallest absolute Gasteiger partial charge is 0.308 e. The van der Waals surface area contributed by atoms with Gasteiger partial charge in [-0.1, -0.05) is 17.7 Å². The second kappa shape index (κ2) is 5.41. The summed E-state index contributed by atoms with van der Waals surface area (Å²) in [5.41, 5.74) is 1.97. The van der Waals surface area contributed by atoms with Gasteiger partial charge in [-0.2, -0.15) is 5.10 Å². The molecule has 0 aliphatic rings. The number of benzene rings is 1. The van der Waals surface area contributed by atoms with Crippen molar-refractivity contribution in [1.82, 2.24) is 14.6 Å². The van der Waals surface area contributed by atoms with Gasteiger partial charge in [-0.25, -0.2) is 14.3 Å². The molecule has 0 saturated heterocycles. The zero-order valence-corrected chi connectivity index (χ0v) is 11.9. The van der Waals surface area contributed by atoms with Crippen LogP contribution in [0, 0.1) is 6.92 Å². The summed E-state index contributed by atoms with van der Waals surface area (Å²) in [5, 5.41) is 10.2. The molecule has 106 valence electrons. The van der Waals surface area contributed by atoms with E-state index in [4.69, 9.17) is 11.6 Å². The van der Waals surface area contributed by atoms with Crippen LogP contribution >= 0.6 is 11.6 Å². The number of hydrogen-bond acceptors (Lipinski definition) is 3. The number of aromatic nitrogens is 3. The van der Waals surface area contributed by atoms with Crippen LogP contribution in [0.5, 0.6) is 0 Å². The van der Waals surface area contributed by atoms with E-state index >= 15 is 0 Å². The molecule has 1 aromatic carbocycles. The second-order valence-corrected chi connectivity index (χ2v) is 4.91. The molecule has 0 spiro atoms. The minimum absolute atomic E-state index is 0.353. The number of fused-ring (bicyclic) bond motifs is 1. The van der Waals surface area contributed by atoms with Crippen molar-refractivity contribution in [2.24, 2.45) is 0 Å². The number of pyridine rings is 1. The SMILES string of the molecule is Cc1nc2ccc(NC(=O)Nc3cccc(Cl)c3)cn2n1. The standard InChI is InChI=1S/C14H12ClN5O/c1-9-16-13-6-5-12(8-20(13)19-9)18-14(21)17-11-4-2-3-10(15)7-11/h2-8H,1H3,(H2,17,18,21). The molecule has 3 rings (SSSR count). The summed E-state index contributed by atoms with van der Waals surface area (Å²) in [5.74, 6) is 0.676. The first-order valence-electron chi connectivity index (χ1n) is 6.27. The highest BCUT2D eigenvalue weighted by molar-refractivity contribution is 6.30. The van der Waals surface area contributed by atoms with Crippen molar-refractivity contribution in [3.63, 3.8) is 0 Å². The molecule has 0 atom stereocenters. The molecule has 2 N–H and O–H groups in total. The number of anilines is 2. The third-order valence-electron chi connectivity index (χ3n) is 2.78. The van der Waals surface area contributed by atoms with E-state index in [1.807, 2.05) is 6.92 Å². The van der Waals surface area contributed by atoms with Crippen LogP contribution in [0.25, 0.3) is 5.65 Å². The van der Waals surface area contributed by atoms with Crippen LogP contribution in [0.4, 0.5) is 16.2 Å². The number of urea groups is 1. The first kappa shape index (κ1) is 13.4. The molecule has 0 saturated carbocycles.